The monoisotopic (exact) mass is 311 g/mol. The van der Waals surface area contributed by atoms with Crippen molar-refractivity contribution in [3.05, 3.63) is 42.0 Å². The Morgan fingerprint density at radius 2 is 2.35 bits per heavy atom. The van der Waals surface area contributed by atoms with Crippen molar-refractivity contribution in [2.45, 2.75) is 32.4 Å². The summed E-state index contributed by atoms with van der Waals surface area (Å²) in [6.07, 6.45) is 5.41. The number of carbonyl (C=O) groups excluding carboxylic acids is 1. The summed E-state index contributed by atoms with van der Waals surface area (Å²) in [5.41, 5.74) is 2.27. The molecule has 0 unspecified atom stereocenters. The Kier molecular flexibility index (Phi) is 3.33. The van der Waals surface area contributed by atoms with E-state index < -0.39 is 0 Å². The molecule has 3 aromatic heterocycles. The molecule has 1 amide bonds. The first-order chi connectivity index (χ1) is 11.2. The van der Waals surface area contributed by atoms with Crippen molar-refractivity contribution in [2.24, 2.45) is 0 Å². The predicted molar refractivity (Wildman–Crippen MR) is 82.8 cm³/mol. The zero-order chi connectivity index (χ0) is 15.8. The molecular formula is C16H17N5O2. The molecule has 0 aromatic carbocycles. The molecule has 1 saturated heterocycles. The molecule has 0 spiro atoms. The number of hydrogen-bond acceptors (Lipinski definition) is 5. The Bertz CT molecular complexity index is 839. The van der Waals surface area contributed by atoms with Crippen molar-refractivity contribution < 1.29 is 9.21 Å². The average molecular weight is 311 g/mol. The highest BCUT2D eigenvalue weighted by Crippen LogP contribution is 2.24. The minimum Gasteiger partial charge on any atom is -0.449 e. The Hall–Kier alpha value is -2.70. The van der Waals surface area contributed by atoms with Gasteiger partial charge in [0.05, 0.1) is 18.8 Å². The van der Waals surface area contributed by atoms with Gasteiger partial charge < -0.3 is 9.32 Å². The summed E-state index contributed by atoms with van der Waals surface area (Å²) in [6.45, 7) is 3.31. The molecule has 0 bridgehead atoms. The van der Waals surface area contributed by atoms with E-state index >= 15 is 0 Å². The molecule has 4 heterocycles. The van der Waals surface area contributed by atoms with Gasteiger partial charge in [0.2, 0.25) is 0 Å². The number of aryl methyl sites for hydroxylation is 1. The van der Waals surface area contributed by atoms with Gasteiger partial charge in [-0.25, -0.2) is 4.98 Å². The molecule has 4 rings (SSSR count). The van der Waals surface area contributed by atoms with Gasteiger partial charge in [0.25, 0.3) is 5.91 Å². The van der Waals surface area contributed by atoms with Crippen LogP contribution in [0.5, 0.6) is 0 Å². The van der Waals surface area contributed by atoms with Crippen molar-refractivity contribution >= 4 is 17.0 Å². The van der Waals surface area contributed by atoms with Crippen molar-refractivity contribution in [3.63, 3.8) is 0 Å². The number of rotatable bonds is 3. The van der Waals surface area contributed by atoms with E-state index in [1.165, 1.54) is 0 Å². The maximum Gasteiger partial charge on any atom is 0.289 e. The number of pyridine rings is 1. The van der Waals surface area contributed by atoms with Crippen LogP contribution in [0.25, 0.3) is 11.1 Å². The lowest BCUT2D eigenvalue weighted by Crippen LogP contribution is -2.38. The fourth-order valence-electron chi connectivity index (χ4n) is 3.11. The molecule has 1 fully saturated rings. The number of amides is 1. The summed E-state index contributed by atoms with van der Waals surface area (Å²) in [6, 6.07) is 5.58. The van der Waals surface area contributed by atoms with Gasteiger partial charge >= 0.3 is 0 Å². The van der Waals surface area contributed by atoms with E-state index in [4.69, 9.17) is 4.42 Å². The molecule has 1 atom stereocenters. The number of carbonyl (C=O) groups is 1. The summed E-state index contributed by atoms with van der Waals surface area (Å²) < 4.78 is 7.46. The molecule has 7 nitrogen and oxygen atoms in total. The third-order valence-corrected chi connectivity index (χ3v) is 4.23. The second-order valence-electron chi connectivity index (χ2n) is 5.87. The topological polar surface area (TPSA) is 77.0 Å². The second kappa shape index (κ2) is 5.49. The van der Waals surface area contributed by atoms with Crippen molar-refractivity contribution in [3.8, 4) is 0 Å². The van der Waals surface area contributed by atoms with Crippen LogP contribution in [0.4, 0.5) is 0 Å². The van der Waals surface area contributed by atoms with Crippen molar-refractivity contribution in [1.82, 2.24) is 24.9 Å². The molecular weight excluding hydrogens is 294 g/mol. The highest BCUT2D eigenvalue weighted by molar-refractivity contribution is 5.95. The molecule has 1 aliphatic rings. The lowest BCUT2D eigenvalue weighted by Gasteiger charge is -2.23. The van der Waals surface area contributed by atoms with Gasteiger partial charge in [0, 0.05) is 24.5 Å². The molecule has 3 aromatic rings. The van der Waals surface area contributed by atoms with Gasteiger partial charge in [-0.1, -0.05) is 5.21 Å². The Morgan fingerprint density at radius 3 is 3.17 bits per heavy atom. The molecule has 1 aliphatic heterocycles. The van der Waals surface area contributed by atoms with E-state index in [0.29, 0.717) is 17.9 Å². The minimum atomic E-state index is -0.0803. The highest BCUT2D eigenvalue weighted by Gasteiger charge is 2.31. The van der Waals surface area contributed by atoms with Crippen molar-refractivity contribution in [1.29, 1.82) is 0 Å². The van der Waals surface area contributed by atoms with Gasteiger partial charge in [-0.3, -0.25) is 9.48 Å². The lowest BCUT2D eigenvalue weighted by molar-refractivity contribution is 0.0691. The van der Waals surface area contributed by atoms with E-state index in [0.717, 1.165) is 30.6 Å². The lowest BCUT2D eigenvalue weighted by atomic mass is 10.2. The van der Waals surface area contributed by atoms with Gasteiger partial charge in [0.15, 0.2) is 11.3 Å². The Morgan fingerprint density at radius 1 is 1.43 bits per heavy atom. The van der Waals surface area contributed by atoms with Crippen molar-refractivity contribution in [2.75, 3.05) is 6.54 Å². The normalized spacial score (nSPS) is 18.0. The van der Waals surface area contributed by atoms with Crippen LogP contribution in [0.3, 0.4) is 0 Å². The number of hydrogen-bond donors (Lipinski definition) is 0. The zero-order valence-electron chi connectivity index (χ0n) is 12.8. The van der Waals surface area contributed by atoms with Crippen LogP contribution in [0.15, 0.2) is 35.0 Å². The Labute approximate surface area is 132 Å². The standard InChI is InChI=1S/C16H17N5O2/c1-11-4-5-14-13(18-11)9-15(23-14)16(22)21-7-2-3-12(21)10-20-8-6-17-19-20/h4-6,8-9,12H,2-3,7,10H2,1H3/t12-/m0/s1. The number of likely N-dealkylation sites (tertiary alicyclic amines) is 1. The number of furan rings is 1. The molecule has 118 valence electrons. The number of fused-ring (bicyclic) bond motifs is 1. The van der Waals surface area contributed by atoms with Crippen LogP contribution >= 0.6 is 0 Å². The first kappa shape index (κ1) is 13.9. The summed E-state index contributed by atoms with van der Waals surface area (Å²) in [7, 11) is 0. The van der Waals surface area contributed by atoms with E-state index in [1.807, 2.05) is 30.2 Å². The average Bonchev–Trinajstić information content (AvgIpc) is 3.26. The summed E-state index contributed by atoms with van der Waals surface area (Å²) in [4.78, 5) is 19.1. The maximum atomic E-state index is 12.8. The Balaban J connectivity index is 1.58. The molecule has 0 saturated carbocycles. The predicted octanol–water partition coefficient (Wildman–Crippen LogP) is 2.03. The van der Waals surface area contributed by atoms with Gasteiger partial charge in [-0.05, 0) is 31.9 Å². The molecule has 7 heteroatoms. The molecule has 23 heavy (non-hydrogen) atoms. The second-order valence-corrected chi connectivity index (χ2v) is 5.87. The smallest absolute Gasteiger partial charge is 0.289 e. The number of nitrogens with zero attached hydrogens (tertiary/aromatic N) is 5. The molecule has 0 N–H and O–H groups in total. The van der Waals surface area contributed by atoms with Crippen LogP contribution in [0, 0.1) is 6.92 Å². The first-order valence-corrected chi connectivity index (χ1v) is 7.73. The summed E-state index contributed by atoms with van der Waals surface area (Å²) in [5, 5.41) is 7.80. The van der Waals surface area contributed by atoms with Gasteiger partial charge in [-0.2, -0.15) is 0 Å². The van der Waals surface area contributed by atoms with E-state index in [9.17, 15) is 4.79 Å². The number of aromatic nitrogens is 4. The summed E-state index contributed by atoms with van der Waals surface area (Å²) in [5.74, 6) is 0.270. The zero-order valence-corrected chi connectivity index (χ0v) is 12.8. The molecule has 0 radical (unpaired) electrons. The van der Waals surface area contributed by atoms with Gasteiger partial charge in [0.1, 0.15) is 5.52 Å². The van der Waals surface area contributed by atoms with E-state index in [2.05, 4.69) is 15.3 Å². The summed E-state index contributed by atoms with van der Waals surface area (Å²) >= 11 is 0. The fraction of sp³-hybridized carbons (Fsp3) is 0.375. The van der Waals surface area contributed by atoms with Crippen LogP contribution in [0.1, 0.15) is 29.1 Å². The van der Waals surface area contributed by atoms with Crippen LogP contribution in [0.2, 0.25) is 0 Å². The van der Waals surface area contributed by atoms with Crippen LogP contribution in [-0.4, -0.2) is 43.4 Å². The van der Waals surface area contributed by atoms with Crippen LogP contribution in [-0.2, 0) is 6.54 Å². The SMILES string of the molecule is Cc1ccc2oc(C(=O)N3CCC[C@H]3Cn3ccnn3)cc2n1. The van der Waals surface area contributed by atoms with E-state index in [1.54, 1.807) is 16.9 Å². The highest BCUT2D eigenvalue weighted by atomic mass is 16.3. The van der Waals surface area contributed by atoms with Crippen LogP contribution < -0.4 is 0 Å². The van der Waals surface area contributed by atoms with Gasteiger partial charge in [-0.15, -0.1) is 5.10 Å². The third-order valence-electron chi connectivity index (χ3n) is 4.23. The quantitative estimate of drug-likeness (QED) is 0.739. The first-order valence-electron chi connectivity index (χ1n) is 7.73. The largest absolute Gasteiger partial charge is 0.449 e. The van der Waals surface area contributed by atoms with E-state index in [-0.39, 0.29) is 11.9 Å². The maximum absolute atomic E-state index is 12.8. The molecule has 0 aliphatic carbocycles. The fourth-order valence-corrected chi connectivity index (χ4v) is 3.11. The third kappa shape index (κ3) is 2.58. The minimum absolute atomic E-state index is 0.0803.